The van der Waals surface area contributed by atoms with E-state index in [2.05, 4.69) is 22.4 Å². The molecule has 2 amide bonds. The highest BCUT2D eigenvalue weighted by Gasteiger charge is 2.26. The molecule has 1 aliphatic carbocycles. The van der Waals surface area contributed by atoms with Crippen molar-refractivity contribution in [2.24, 2.45) is 5.92 Å². The predicted molar refractivity (Wildman–Crippen MR) is 95.8 cm³/mol. The molecule has 1 aliphatic rings. The van der Waals surface area contributed by atoms with Gasteiger partial charge in [-0.05, 0) is 62.8 Å². The number of nitrogens with one attached hydrogen (secondary N) is 1. The monoisotopic (exact) mass is 360 g/mol. The summed E-state index contributed by atoms with van der Waals surface area (Å²) in [6.07, 6.45) is 4.38. The van der Waals surface area contributed by atoms with Crippen molar-refractivity contribution >= 4 is 6.03 Å². The molecule has 140 valence electrons. The van der Waals surface area contributed by atoms with Crippen LogP contribution in [0.3, 0.4) is 0 Å². The molecule has 7 heteroatoms. The van der Waals surface area contributed by atoms with E-state index in [4.69, 9.17) is 4.52 Å². The van der Waals surface area contributed by atoms with Gasteiger partial charge in [-0.25, -0.2) is 9.18 Å². The fourth-order valence-electron chi connectivity index (χ4n) is 3.27. The van der Waals surface area contributed by atoms with E-state index in [-0.39, 0.29) is 17.9 Å². The van der Waals surface area contributed by atoms with Crippen LogP contribution in [0.4, 0.5) is 9.18 Å². The summed E-state index contributed by atoms with van der Waals surface area (Å²) < 4.78 is 18.3. The number of amides is 2. The molecule has 26 heavy (non-hydrogen) atoms. The molecule has 0 radical (unpaired) electrons. The minimum atomic E-state index is -0.408. The maximum atomic E-state index is 13.0. The number of rotatable bonds is 4. The second-order valence-corrected chi connectivity index (χ2v) is 7.16. The summed E-state index contributed by atoms with van der Waals surface area (Å²) >= 11 is 0. The Morgan fingerprint density at radius 1 is 1.27 bits per heavy atom. The van der Waals surface area contributed by atoms with Gasteiger partial charge in [-0.3, -0.25) is 0 Å². The van der Waals surface area contributed by atoms with Crippen molar-refractivity contribution in [3.63, 3.8) is 0 Å². The van der Waals surface area contributed by atoms with Crippen molar-refractivity contribution in [2.75, 3.05) is 7.05 Å². The zero-order valence-electron chi connectivity index (χ0n) is 15.4. The van der Waals surface area contributed by atoms with Crippen LogP contribution < -0.4 is 5.32 Å². The molecule has 0 spiro atoms. The first-order valence-electron chi connectivity index (χ1n) is 9.07. The number of hydrogen-bond donors (Lipinski definition) is 1. The van der Waals surface area contributed by atoms with Crippen molar-refractivity contribution < 1.29 is 13.7 Å². The van der Waals surface area contributed by atoms with Gasteiger partial charge in [0, 0.05) is 18.7 Å². The van der Waals surface area contributed by atoms with E-state index in [0.717, 1.165) is 31.6 Å². The number of urea groups is 1. The SMILES string of the molecule is CC1CCC(N(C)C(=O)NC(C)c2nc(-c3ccc(F)cc3)no2)CC1. The Bertz CT molecular complexity index is 738. The highest BCUT2D eigenvalue weighted by atomic mass is 19.1. The number of benzene rings is 1. The number of carbonyl (C=O) groups is 1. The van der Waals surface area contributed by atoms with Crippen LogP contribution in [0.1, 0.15) is 51.5 Å². The van der Waals surface area contributed by atoms with Crippen molar-refractivity contribution in [1.29, 1.82) is 0 Å². The van der Waals surface area contributed by atoms with E-state index < -0.39 is 6.04 Å². The molecule has 0 saturated heterocycles. The molecular weight excluding hydrogens is 335 g/mol. The molecule has 3 rings (SSSR count). The van der Waals surface area contributed by atoms with Gasteiger partial charge in [0.15, 0.2) is 0 Å². The third kappa shape index (κ3) is 4.20. The lowest BCUT2D eigenvalue weighted by Crippen LogP contribution is -2.45. The number of carbonyl (C=O) groups excluding carboxylic acids is 1. The van der Waals surface area contributed by atoms with E-state index >= 15 is 0 Å². The molecule has 6 nitrogen and oxygen atoms in total. The third-order valence-corrected chi connectivity index (χ3v) is 5.11. The predicted octanol–water partition coefficient (Wildman–Crippen LogP) is 4.16. The summed E-state index contributed by atoms with van der Waals surface area (Å²) in [6.45, 7) is 4.06. The van der Waals surface area contributed by atoms with Gasteiger partial charge in [0.05, 0.1) is 0 Å². The lowest BCUT2D eigenvalue weighted by Gasteiger charge is -2.34. The van der Waals surface area contributed by atoms with E-state index in [1.165, 1.54) is 12.1 Å². The van der Waals surface area contributed by atoms with Gasteiger partial charge in [-0.1, -0.05) is 12.1 Å². The van der Waals surface area contributed by atoms with Gasteiger partial charge < -0.3 is 14.7 Å². The maximum absolute atomic E-state index is 13.0. The number of halogens is 1. The maximum Gasteiger partial charge on any atom is 0.318 e. The van der Waals surface area contributed by atoms with Crippen molar-refractivity contribution in [3.05, 3.63) is 36.0 Å². The fourth-order valence-corrected chi connectivity index (χ4v) is 3.27. The van der Waals surface area contributed by atoms with Gasteiger partial charge in [0.1, 0.15) is 11.9 Å². The average Bonchev–Trinajstić information content (AvgIpc) is 3.12. The summed E-state index contributed by atoms with van der Waals surface area (Å²) in [6, 6.07) is 5.59. The summed E-state index contributed by atoms with van der Waals surface area (Å²) in [7, 11) is 1.83. The number of hydrogen-bond acceptors (Lipinski definition) is 4. The smallest absolute Gasteiger partial charge is 0.318 e. The van der Waals surface area contributed by atoms with Gasteiger partial charge in [-0.2, -0.15) is 4.98 Å². The molecule has 0 bridgehead atoms. The molecular formula is C19H25FN4O2. The van der Waals surface area contributed by atoms with Crippen molar-refractivity contribution in [3.8, 4) is 11.4 Å². The molecule has 1 saturated carbocycles. The van der Waals surface area contributed by atoms with Crippen LogP contribution in [-0.4, -0.2) is 34.2 Å². The Balaban J connectivity index is 1.60. The first-order chi connectivity index (χ1) is 12.4. The average molecular weight is 360 g/mol. The molecule has 1 fully saturated rings. The second-order valence-electron chi connectivity index (χ2n) is 7.16. The standard InChI is InChI=1S/C19H25FN4O2/c1-12-4-10-16(11-5-12)24(3)19(25)21-13(2)18-22-17(23-26-18)14-6-8-15(20)9-7-14/h6-9,12-13,16H,4-5,10-11H2,1-3H3,(H,21,25). The zero-order chi connectivity index (χ0) is 18.7. The Hall–Kier alpha value is -2.44. The van der Waals surface area contributed by atoms with Crippen molar-refractivity contribution in [2.45, 2.75) is 51.6 Å². The normalized spacial score (nSPS) is 21.2. The Labute approximate surface area is 152 Å². The number of nitrogens with zero attached hydrogens (tertiary/aromatic N) is 3. The molecule has 1 unspecified atom stereocenters. The van der Waals surface area contributed by atoms with Crippen LogP contribution in [0, 0.1) is 11.7 Å². The molecule has 0 aliphatic heterocycles. The summed E-state index contributed by atoms with van der Waals surface area (Å²) in [5, 5.41) is 6.82. The Morgan fingerprint density at radius 3 is 2.58 bits per heavy atom. The summed E-state index contributed by atoms with van der Waals surface area (Å²) in [5.74, 6) is 1.11. The largest absolute Gasteiger partial charge is 0.337 e. The lowest BCUT2D eigenvalue weighted by atomic mass is 9.87. The quantitative estimate of drug-likeness (QED) is 0.889. The summed E-state index contributed by atoms with van der Waals surface area (Å²) in [5.41, 5.74) is 0.661. The van der Waals surface area contributed by atoms with Gasteiger partial charge in [0.2, 0.25) is 11.7 Å². The van der Waals surface area contributed by atoms with Gasteiger partial charge in [-0.15, -0.1) is 0 Å². The first kappa shape index (κ1) is 18.4. The van der Waals surface area contributed by atoms with Crippen LogP contribution in [0.25, 0.3) is 11.4 Å². The van der Waals surface area contributed by atoms with E-state index in [0.29, 0.717) is 17.3 Å². The Kier molecular flexibility index (Phi) is 5.54. The molecule has 1 aromatic carbocycles. The van der Waals surface area contributed by atoms with E-state index in [1.54, 1.807) is 24.0 Å². The minimum Gasteiger partial charge on any atom is -0.337 e. The van der Waals surface area contributed by atoms with Crippen LogP contribution in [0.15, 0.2) is 28.8 Å². The van der Waals surface area contributed by atoms with Crippen LogP contribution in [0.2, 0.25) is 0 Å². The van der Waals surface area contributed by atoms with Crippen LogP contribution in [0.5, 0.6) is 0 Å². The van der Waals surface area contributed by atoms with Crippen molar-refractivity contribution in [1.82, 2.24) is 20.4 Å². The van der Waals surface area contributed by atoms with E-state index in [1.807, 2.05) is 7.05 Å². The zero-order valence-corrected chi connectivity index (χ0v) is 15.4. The van der Waals surface area contributed by atoms with E-state index in [9.17, 15) is 9.18 Å². The highest BCUT2D eigenvalue weighted by Crippen LogP contribution is 2.27. The molecule has 2 aromatic rings. The van der Waals surface area contributed by atoms with Gasteiger partial charge in [0.25, 0.3) is 0 Å². The fraction of sp³-hybridized carbons (Fsp3) is 0.526. The van der Waals surface area contributed by atoms with Gasteiger partial charge >= 0.3 is 6.03 Å². The minimum absolute atomic E-state index is 0.140. The third-order valence-electron chi connectivity index (χ3n) is 5.11. The lowest BCUT2D eigenvalue weighted by molar-refractivity contribution is 0.159. The first-order valence-corrected chi connectivity index (χ1v) is 9.07. The highest BCUT2D eigenvalue weighted by molar-refractivity contribution is 5.74. The molecule has 1 aromatic heterocycles. The second kappa shape index (κ2) is 7.85. The number of aromatic nitrogens is 2. The molecule has 1 heterocycles. The topological polar surface area (TPSA) is 71.3 Å². The summed E-state index contributed by atoms with van der Waals surface area (Å²) in [4.78, 5) is 18.6. The molecule has 1 atom stereocenters. The van der Waals surface area contributed by atoms with Crippen LogP contribution >= 0.6 is 0 Å². The molecule has 1 N–H and O–H groups in total. The van der Waals surface area contributed by atoms with Crippen LogP contribution in [-0.2, 0) is 0 Å². The Morgan fingerprint density at radius 2 is 1.92 bits per heavy atom.